The van der Waals surface area contributed by atoms with Gasteiger partial charge in [-0.15, -0.1) is 17.5 Å². The molecular formula is C26H23Cl2N5O. The minimum absolute atomic E-state index is 0. The number of nitrogens with one attached hydrogen (secondary N) is 2. The standard InChI is InChI=1S/C26H22ClN5O.ClH/c1-16-6-8-18(9-7-16)22-15-23(19-10-12-21(27)13-11-19)32-26(28-22)30-25(31-32)29-24(33)20-5-3-4-17(2)14-20;/h3-15,23H,1-2H3,(H2,28,29,30,31,33);1H. The summed E-state index contributed by atoms with van der Waals surface area (Å²) in [5.74, 6) is 0.533. The molecular weight excluding hydrogens is 469 g/mol. The maximum absolute atomic E-state index is 12.7. The van der Waals surface area contributed by atoms with Gasteiger partial charge in [0, 0.05) is 16.3 Å². The Bertz CT molecular complexity index is 1360. The number of hydrogen-bond donors (Lipinski definition) is 2. The van der Waals surface area contributed by atoms with Crippen LogP contribution in [0.3, 0.4) is 0 Å². The zero-order chi connectivity index (χ0) is 22.9. The first-order chi connectivity index (χ1) is 16.0. The van der Waals surface area contributed by atoms with Crippen LogP contribution in [-0.2, 0) is 0 Å². The smallest absolute Gasteiger partial charge is 0.258 e. The van der Waals surface area contributed by atoms with Crippen LogP contribution in [0.4, 0.5) is 11.9 Å². The number of amides is 1. The lowest BCUT2D eigenvalue weighted by molar-refractivity contribution is 0.102. The Hall–Kier alpha value is -3.61. The van der Waals surface area contributed by atoms with E-state index in [0.717, 1.165) is 22.4 Å². The fourth-order valence-corrected chi connectivity index (χ4v) is 3.93. The number of benzene rings is 3. The van der Waals surface area contributed by atoms with E-state index in [2.05, 4.69) is 58.0 Å². The Morgan fingerprint density at radius 3 is 2.44 bits per heavy atom. The van der Waals surface area contributed by atoms with Gasteiger partial charge in [0.15, 0.2) is 0 Å². The normalized spacial score (nSPS) is 14.3. The predicted molar refractivity (Wildman–Crippen MR) is 139 cm³/mol. The van der Waals surface area contributed by atoms with Gasteiger partial charge in [0.25, 0.3) is 11.9 Å². The van der Waals surface area contributed by atoms with Crippen LogP contribution in [0.2, 0.25) is 5.02 Å². The van der Waals surface area contributed by atoms with Crippen molar-refractivity contribution in [2.75, 3.05) is 10.6 Å². The highest BCUT2D eigenvalue weighted by atomic mass is 35.5. The van der Waals surface area contributed by atoms with Crippen molar-refractivity contribution in [3.8, 4) is 0 Å². The maximum atomic E-state index is 12.7. The van der Waals surface area contributed by atoms with Crippen LogP contribution >= 0.6 is 24.0 Å². The first kappa shape index (κ1) is 23.5. The van der Waals surface area contributed by atoms with Gasteiger partial charge in [0.1, 0.15) is 6.04 Å². The summed E-state index contributed by atoms with van der Waals surface area (Å²) in [5.41, 5.74) is 5.73. The molecule has 0 spiro atoms. The Kier molecular flexibility index (Phi) is 6.72. The molecule has 1 unspecified atom stereocenters. The summed E-state index contributed by atoms with van der Waals surface area (Å²) < 4.78 is 1.77. The number of carbonyl (C=O) groups is 1. The first-order valence-electron chi connectivity index (χ1n) is 10.6. The van der Waals surface area contributed by atoms with Crippen LogP contribution in [0.1, 0.15) is 38.7 Å². The summed E-state index contributed by atoms with van der Waals surface area (Å²) in [4.78, 5) is 17.3. The monoisotopic (exact) mass is 491 g/mol. The average Bonchev–Trinajstić information content (AvgIpc) is 3.22. The van der Waals surface area contributed by atoms with E-state index in [0.29, 0.717) is 16.5 Å². The summed E-state index contributed by atoms with van der Waals surface area (Å²) in [5, 5.41) is 11.4. The van der Waals surface area contributed by atoms with Crippen LogP contribution in [0, 0.1) is 13.8 Å². The fourth-order valence-electron chi connectivity index (χ4n) is 3.80. The van der Waals surface area contributed by atoms with Crippen molar-refractivity contribution in [1.82, 2.24) is 14.8 Å². The van der Waals surface area contributed by atoms with E-state index in [1.807, 2.05) is 49.4 Å². The summed E-state index contributed by atoms with van der Waals surface area (Å²) in [7, 11) is 0. The van der Waals surface area contributed by atoms with E-state index in [9.17, 15) is 4.79 Å². The molecule has 8 heteroatoms. The summed E-state index contributed by atoms with van der Waals surface area (Å²) in [6.07, 6.45) is 2.10. The number of fused-ring (bicyclic) bond motifs is 1. The van der Waals surface area contributed by atoms with Crippen LogP contribution in [0.5, 0.6) is 0 Å². The van der Waals surface area contributed by atoms with E-state index in [1.165, 1.54) is 5.56 Å². The number of halogens is 2. The van der Waals surface area contributed by atoms with Crippen LogP contribution in [0.15, 0.2) is 78.9 Å². The van der Waals surface area contributed by atoms with Crippen molar-refractivity contribution in [3.63, 3.8) is 0 Å². The molecule has 2 heterocycles. The SMILES string of the molecule is Cc1ccc(C2=CC(c3ccc(Cl)cc3)n3nc(NC(=O)c4cccc(C)c4)nc3N2)cc1.Cl. The molecule has 34 heavy (non-hydrogen) atoms. The average molecular weight is 492 g/mol. The molecule has 0 radical (unpaired) electrons. The number of hydrogen-bond acceptors (Lipinski definition) is 4. The number of rotatable bonds is 4. The number of aryl methyl sites for hydroxylation is 2. The minimum atomic E-state index is -0.253. The molecule has 4 aromatic rings. The molecule has 2 N–H and O–H groups in total. The number of aromatic nitrogens is 3. The number of anilines is 2. The topological polar surface area (TPSA) is 71.8 Å². The summed E-state index contributed by atoms with van der Waals surface area (Å²) in [6, 6.07) is 23.1. The van der Waals surface area contributed by atoms with Crippen LogP contribution in [-0.4, -0.2) is 20.7 Å². The molecule has 3 aromatic carbocycles. The van der Waals surface area contributed by atoms with E-state index in [-0.39, 0.29) is 30.3 Å². The largest absolute Gasteiger partial charge is 0.324 e. The van der Waals surface area contributed by atoms with Gasteiger partial charge >= 0.3 is 0 Å². The van der Waals surface area contributed by atoms with Gasteiger partial charge in [-0.25, -0.2) is 4.68 Å². The molecule has 1 atom stereocenters. The van der Waals surface area contributed by atoms with Gasteiger partial charge in [-0.2, -0.15) is 4.98 Å². The highest BCUT2D eigenvalue weighted by molar-refractivity contribution is 6.30. The molecule has 6 nitrogen and oxygen atoms in total. The van der Waals surface area contributed by atoms with Gasteiger partial charge in [0.2, 0.25) is 5.95 Å². The van der Waals surface area contributed by atoms with Crippen LogP contribution < -0.4 is 10.6 Å². The second-order valence-electron chi connectivity index (χ2n) is 8.09. The number of allylic oxidation sites excluding steroid dienone is 1. The van der Waals surface area contributed by atoms with Crippen molar-refractivity contribution in [2.24, 2.45) is 0 Å². The van der Waals surface area contributed by atoms with E-state index < -0.39 is 0 Å². The second-order valence-corrected chi connectivity index (χ2v) is 8.53. The van der Waals surface area contributed by atoms with E-state index in [4.69, 9.17) is 11.6 Å². The van der Waals surface area contributed by atoms with Gasteiger partial charge < -0.3 is 5.32 Å². The molecule has 0 fully saturated rings. The number of carbonyl (C=O) groups excluding carboxylic acids is 1. The molecule has 1 aliphatic heterocycles. The molecule has 0 bridgehead atoms. The third kappa shape index (κ3) is 4.83. The predicted octanol–water partition coefficient (Wildman–Crippen LogP) is 6.28. The zero-order valence-electron chi connectivity index (χ0n) is 18.6. The molecule has 0 aliphatic carbocycles. The fraction of sp³-hybridized carbons (Fsp3) is 0.115. The molecule has 172 valence electrons. The van der Waals surface area contributed by atoms with Gasteiger partial charge in [-0.1, -0.05) is 71.3 Å². The van der Waals surface area contributed by atoms with Crippen molar-refractivity contribution in [2.45, 2.75) is 19.9 Å². The lowest BCUT2D eigenvalue weighted by Gasteiger charge is -2.24. The Morgan fingerprint density at radius 2 is 1.74 bits per heavy atom. The first-order valence-corrected chi connectivity index (χ1v) is 11.0. The summed E-state index contributed by atoms with van der Waals surface area (Å²) in [6.45, 7) is 4.01. The van der Waals surface area contributed by atoms with E-state index >= 15 is 0 Å². The van der Waals surface area contributed by atoms with Crippen LogP contribution in [0.25, 0.3) is 5.70 Å². The highest BCUT2D eigenvalue weighted by Crippen LogP contribution is 2.33. The molecule has 5 rings (SSSR count). The molecule has 0 saturated heterocycles. The van der Waals surface area contributed by atoms with E-state index in [1.54, 1.807) is 10.7 Å². The van der Waals surface area contributed by atoms with Crippen molar-refractivity contribution in [1.29, 1.82) is 0 Å². The van der Waals surface area contributed by atoms with Crippen molar-refractivity contribution >= 4 is 47.5 Å². The number of nitrogens with zero attached hydrogens (tertiary/aromatic N) is 3. The van der Waals surface area contributed by atoms with Gasteiger partial charge in [-0.05, 0) is 55.3 Å². The Labute approximate surface area is 209 Å². The lowest BCUT2D eigenvalue weighted by atomic mass is 10.0. The molecule has 0 saturated carbocycles. The van der Waals surface area contributed by atoms with Gasteiger partial charge in [0.05, 0.1) is 0 Å². The molecule has 1 aliphatic rings. The quantitative estimate of drug-likeness (QED) is 0.352. The lowest BCUT2D eigenvalue weighted by Crippen LogP contribution is -2.20. The Balaban J connectivity index is 0.00000274. The zero-order valence-corrected chi connectivity index (χ0v) is 20.2. The third-order valence-corrected chi connectivity index (χ3v) is 5.80. The van der Waals surface area contributed by atoms with Gasteiger partial charge in [-0.3, -0.25) is 10.1 Å². The van der Waals surface area contributed by atoms with Crippen molar-refractivity contribution in [3.05, 3.63) is 112 Å². The molecule has 1 aromatic heterocycles. The second kappa shape index (κ2) is 9.71. The molecule has 1 amide bonds. The highest BCUT2D eigenvalue weighted by Gasteiger charge is 2.26. The summed E-state index contributed by atoms with van der Waals surface area (Å²) >= 11 is 6.11. The third-order valence-electron chi connectivity index (χ3n) is 5.55. The minimum Gasteiger partial charge on any atom is -0.324 e. The van der Waals surface area contributed by atoms with Crippen molar-refractivity contribution < 1.29 is 4.79 Å². The Morgan fingerprint density at radius 1 is 1.00 bits per heavy atom. The maximum Gasteiger partial charge on any atom is 0.258 e.